The van der Waals surface area contributed by atoms with Crippen molar-refractivity contribution in [2.24, 2.45) is 0 Å². The smallest absolute Gasteiger partial charge is 0.395 e. The molecule has 0 bridgehead atoms. The van der Waals surface area contributed by atoms with Crippen molar-refractivity contribution in [1.29, 1.82) is 0 Å². The Labute approximate surface area is 88.3 Å². The van der Waals surface area contributed by atoms with Crippen LogP contribution in [0.4, 0.5) is 8.78 Å². The number of rotatable bonds is 1. The molecule has 0 aliphatic carbocycles. The molecule has 76 valence electrons. The highest BCUT2D eigenvalue weighted by atomic mass is 35.5. The summed E-state index contributed by atoms with van der Waals surface area (Å²) >= 11 is 11.1. The SMILES string of the molecule is FC1(F)Oc2cccc(C(Cl)Cl)c2O1. The molecule has 0 amide bonds. The quantitative estimate of drug-likeness (QED) is 0.700. The Balaban J connectivity index is 2.46. The molecule has 0 saturated heterocycles. The lowest BCUT2D eigenvalue weighted by Gasteiger charge is -2.06. The minimum atomic E-state index is -3.64. The Morgan fingerprint density at radius 3 is 2.57 bits per heavy atom. The van der Waals surface area contributed by atoms with Crippen LogP contribution in [0.1, 0.15) is 10.4 Å². The summed E-state index contributed by atoms with van der Waals surface area (Å²) in [5.41, 5.74) is 0.267. The van der Waals surface area contributed by atoms with Crippen LogP contribution in [0.15, 0.2) is 18.2 Å². The summed E-state index contributed by atoms with van der Waals surface area (Å²) in [6.07, 6.45) is -3.64. The normalized spacial score (nSPS) is 17.5. The molecule has 1 heterocycles. The van der Waals surface area contributed by atoms with Crippen molar-refractivity contribution in [1.82, 2.24) is 0 Å². The molecule has 0 atom stereocenters. The zero-order chi connectivity index (χ0) is 10.3. The van der Waals surface area contributed by atoms with Gasteiger partial charge >= 0.3 is 6.29 Å². The van der Waals surface area contributed by atoms with Gasteiger partial charge in [0.2, 0.25) is 0 Å². The lowest BCUT2D eigenvalue weighted by Crippen LogP contribution is -2.26. The lowest BCUT2D eigenvalue weighted by molar-refractivity contribution is -0.286. The van der Waals surface area contributed by atoms with Crippen LogP contribution in [0, 0.1) is 0 Å². The zero-order valence-electron chi connectivity index (χ0n) is 6.64. The Kier molecular flexibility index (Phi) is 2.20. The van der Waals surface area contributed by atoms with E-state index in [-0.39, 0.29) is 17.1 Å². The minimum Gasteiger partial charge on any atom is -0.395 e. The van der Waals surface area contributed by atoms with E-state index >= 15 is 0 Å². The van der Waals surface area contributed by atoms with Gasteiger partial charge in [0, 0.05) is 5.56 Å². The van der Waals surface area contributed by atoms with Crippen molar-refractivity contribution in [3.63, 3.8) is 0 Å². The van der Waals surface area contributed by atoms with E-state index in [1.54, 1.807) is 0 Å². The monoisotopic (exact) mass is 240 g/mol. The molecule has 0 fully saturated rings. The summed E-state index contributed by atoms with van der Waals surface area (Å²) in [6.45, 7) is 0. The molecule has 0 aromatic heterocycles. The standard InChI is InChI=1S/C8H4Cl2F2O2/c9-7(10)4-2-1-3-5-6(4)14-8(11,12)13-5/h1-3,7H. The third-order valence-electron chi connectivity index (χ3n) is 1.69. The number of para-hydroxylation sites is 1. The summed E-state index contributed by atoms with van der Waals surface area (Å²) in [6, 6.07) is 4.36. The molecule has 1 aliphatic heterocycles. The molecule has 1 aliphatic rings. The molecule has 6 heteroatoms. The molecule has 0 N–H and O–H groups in total. The number of ether oxygens (including phenoxy) is 2. The molecule has 1 aromatic rings. The van der Waals surface area contributed by atoms with Gasteiger partial charge in [-0.25, -0.2) is 0 Å². The average Bonchev–Trinajstić information content (AvgIpc) is 2.36. The summed E-state index contributed by atoms with van der Waals surface area (Å²) in [7, 11) is 0. The van der Waals surface area contributed by atoms with Crippen molar-refractivity contribution >= 4 is 23.2 Å². The number of hydrogen-bond acceptors (Lipinski definition) is 2. The first-order chi connectivity index (χ1) is 6.49. The zero-order valence-corrected chi connectivity index (χ0v) is 8.15. The fourth-order valence-electron chi connectivity index (χ4n) is 1.16. The molecular formula is C8H4Cl2F2O2. The van der Waals surface area contributed by atoms with Gasteiger partial charge in [-0.2, -0.15) is 0 Å². The van der Waals surface area contributed by atoms with Crippen LogP contribution in [0.25, 0.3) is 0 Å². The van der Waals surface area contributed by atoms with Crippen molar-refractivity contribution < 1.29 is 18.3 Å². The first kappa shape index (κ1) is 9.80. The Morgan fingerprint density at radius 1 is 1.21 bits per heavy atom. The summed E-state index contributed by atoms with van der Waals surface area (Å²) in [5, 5.41) is 0. The first-order valence-corrected chi connectivity index (χ1v) is 4.54. The fraction of sp³-hybridized carbons (Fsp3) is 0.250. The van der Waals surface area contributed by atoms with E-state index in [0.717, 1.165) is 0 Å². The predicted molar refractivity (Wildman–Crippen MR) is 47.1 cm³/mol. The van der Waals surface area contributed by atoms with Crippen molar-refractivity contribution in [3.05, 3.63) is 23.8 Å². The first-order valence-electron chi connectivity index (χ1n) is 3.66. The van der Waals surface area contributed by atoms with Gasteiger partial charge in [0.15, 0.2) is 11.5 Å². The third-order valence-corrected chi connectivity index (χ3v) is 2.16. The summed E-state index contributed by atoms with van der Waals surface area (Å²) < 4.78 is 33.8. The van der Waals surface area contributed by atoms with Gasteiger partial charge in [0.1, 0.15) is 4.84 Å². The molecule has 1 aromatic carbocycles. The van der Waals surface area contributed by atoms with Crippen LogP contribution in [0.3, 0.4) is 0 Å². The highest BCUT2D eigenvalue weighted by molar-refractivity contribution is 6.44. The Morgan fingerprint density at radius 2 is 1.93 bits per heavy atom. The molecule has 14 heavy (non-hydrogen) atoms. The van der Waals surface area contributed by atoms with Crippen LogP contribution in [-0.4, -0.2) is 6.29 Å². The van der Waals surface area contributed by atoms with Gasteiger partial charge in [-0.3, -0.25) is 0 Å². The summed E-state index contributed by atoms with van der Waals surface area (Å²) in [4.78, 5) is -0.928. The second-order valence-electron chi connectivity index (χ2n) is 2.64. The molecule has 2 nitrogen and oxygen atoms in total. The molecular weight excluding hydrogens is 237 g/mol. The third kappa shape index (κ3) is 1.60. The minimum absolute atomic E-state index is 0.0567. The van der Waals surface area contributed by atoms with Crippen LogP contribution in [0.5, 0.6) is 11.5 Å². The average molecular weight is 241 g/mol. The van der Waals surface area contributed by atoms with Gasteiger partial charge in [0.05, 0.1) is 0 Å². The number of fused-ring (bicyclic) bond motifs is 1. The van der Waals surface area contributed by atoms with E-state index in [1.807, 2.05) is 0 Å². The van der Waals surface area contributed by atoms with Gasteiger partial charge in [-0.1, -0.05) is 35.3 Å². The van der Waals surface area contributed by atoms with Crippen LogP contribution in [0.2, 0.25) is 0 Å². The number of alkyl halides is 4. The molecule has 2 rings (SSSR count). The highest BCUT2D eigenvalue weighted by Gasteiger charge is 2.44. The van der Waals surface area contributed by atoms with Gasteiger partial charge in [-0.05, 0) is 6.07 Å². The Hall–Kier alpha value is -0.740. The second kappa shape index (κ2) is 3.14. The Bertz CT molecular complexity index is 368. The van der Waals surface area contributed by atoms with Crippen molar-refractivity contribution in [3.8, 4) is 11.5 Å². The van der Waals surface area contributed by atoms with E-state index in [4.69, 9.17) is 23.2 Å². The number of hydrogen-bond donors (Lipinski definition) is 0. The topological polar surface area (TPSA) is 18.5 Å². The number of benzene rings is 1. The predicted octanol–water partition coefficient (Wildman–Crippen LogP) is 3.48. The molecule has 0 unspecified atom stereocenters. The maximum atomic E-state index is 12.6. The van der Waals surface area contributed by atoms with Gasteiger partial charge in [-0.15, -0.1) is 8.78 Å². The van der Waals surface area contributed by atoms with E-state index in [9.17, 15) is 8.78 Å². The maximum absolute atomic E-state index is 12.6. The van der Waals surface area contributed by atoms with Crippen molar-refractivity contribution in [2.45, 2.75) is 11.1 Å². The fourth-order valence-corrected chi connectivity index (χ4v) is 1.51. The van der Waals surface area contributed by atoms with E-state index in [2.05, 4.69) is 9.47 Å². The van der Waals surface area contributed by atoms with E-state index < -0.39 is 11.1 Å². The number of halogens is 4. The van der Waals surface area contributed by atoms with Crippen LogP contribution in [-0.2, 0) is 0 Å². The van der Waals surface area contributed by atoms with E-state index in [0.29, 0.717) is 0 Å². The molecule has 0 spiro atoms. The second-order valence-corrected chi connectivity index (χ2v) is 3.74. The van der Waals surface area contributed by atoms with E-state index in [1.165, 1.54) is 18.2 Å². The van der Waals surface area contributed by atoms with Crippen LogP contribution >= 0.6 is 23.2 Å². The van der Waals surface area contributed by atoms with Gasteiger partial charge in [0.25, 0.3) is 0 Å². The van der Waals surface area contributed by atoms with Crippen LogP contribution < -0.4 is 9.47 Å². The molecule has 0 saturated carbocycles. The summed E-state index contributed by atoms with van der Waals surface area (Å²) in [5.74, 6) is -0.161. The van der Waals surface area contributed by atoms with Crippen molar-refractivity contribution in [2.75, 3.05) is 0 Å². The largest absolute Gasteiger partial charge is 0.586 e. The van der Waals surface area contributed by atoms with Gasteiger partial charge < -0.3 is 9.47 Å². The highest BCUT2D eigenvalue weighted by Crippen LogP contribution is 2.46. The lowest BCUT2D eigenvalue weighted by atomic mass is 10.2. The molecule has 0 radical (unpaired) electrons. The maximum Gasteiger partial charge on any atom is 0.586 e.